The second kappa shape index (κ2) is 6.53. The summed E-state index contributed by atoms with van der Waals surface area (Å²) in [7, 11) is 3.40. The number of fused-ring (bicyclic) bond motifs is 3. The molecule has 4 aromatic rings. The van der Waals surface area contributed by atoms with E-state index in [4.69, 9.17) is 9.72 Å². The maximum atomic E-state index is 12.8. The van der Waals surface area contributed by atoms with Gasteiger partial charge in [-0.25, -0.2) is 4.98 Å². The fraction of sp³-hybridized carbons (Fsp3) is 0.200. The largest absolute Gasteiger partial charge is 0.497 e. The zero-order chi connectivity index (χ0) is 18.3. The third-order valence-corrected chi connectivity index (χ3v) is 5.69. The summed E-state index contributed by atoms with van der Waals surface area (Å²) in [6.07, 6.45) is 0. The molecule has 0 aliphatic heterocycles. The standard InChI is InChI=1S/C20H19N3O2S/c1-12-6-4-5-7-13(12)11-26-20-22-17-15-10-14(25-3)8-9-16(15)21-18(17)19(24)23(20)2/h4-10,21H,11H2,1-3H3. The molecule has 0 aliphatic carbocycles. The SMILES string of the molecule is COc1ccc2[nH]c3c(=O)n(C)c(SCc4ccccc4C)nc3c2c1. The van der Waals surface area contributed by atoms with Crippen LogP contribution in [0.2, 0.25) is 0 Å². The quantitative estimate of drug-likeness (QED) is 0.438. The lowest BCUT2D eigenvalue weighted by Gasteiger charge is -2.08. The molecule has 2 heterocycles. The Morgan fingerprint density at radius 3 is 2.81 bits per heavy atom. The minimum Gasteiger partial charge on any atom is -0.497 e. The van der Waals surface area contributed by atoms with Crippen LogP contribution in [0, 0.1) is 6.92 Å². The van der Waals surface area contributed by atoms with E-state index in [9.17, 15) is 4.79 Å². The molecule has 0 saturated heterocycles. The highest BCUT2D eigenvalue weighted by molar-refractivity contribution is 7.98. The van der Waals surface area contributed by atoms with Crippen LogP contribution in [0.15, 0.2) is 52.4 Å². The van der Waals surface area contributed by atoms with Crippen molar-refractivity contribution in [2.45, 2.75) is 17.8 Å². The van der Waals surface area contributed by atoms with Crippen LogP contribution in [0.4, 0.5) is 0 Å². The van der Waals surface area contributed by atoms with E-state index in [1.165, 1.54) is 11.1 Å². The lowest BCUT2D eigenvalue weighted by atomic mass is 10.1. The Morgan fingerprint density at radius 2 is 2.04 bits per heavy atom. The summed E-state index contributed by atoms with van der Waals surface area (Å²) in [6.45, 7) is 2.09. The van der Waals surface area contributed by atoms with Gasteiger partial charge in [-0.2, -0.15) is 0 Å². The Labute approximate surface area is 155 Å². The van der Waals surface area contributed by atoms with Crippen LogP contribution in [0.3, 0.4) is 0 Å². The number of hydrogen-bond donors (Lipinski definition) is 1. The second-order valence-corrected chi connectivity index (χ2v) is 7.18. The summed E-state index contributed by atoms with van der Waals surface area (Å²) in [5.74, 6) is 1.51. The number of hydrogen-bond acceptors (Lipinski definition) is 4. The average Bonchev–Trinajstić information content (AvgIpc) is 3.02. The van der Waals surface area contributed by atoms with Gasteiger partial charge in [0.1, 0.15) is 16.8 Å². The molecule has 2 aromatic heterocycles. The number of aromatic nitrogens is 3. The van der Waals surface area contributed by atoms with Gasteiger partial charge in [-0.15, -0.1) is 0 Å². The molecule has 0 aliphatic rings. The number of nitrogens with one attached hydrogen (secondary N) is 1. The molecule has 26 heavy (non-hydrogen) atoms. The lowest BCUT2D eigenvalue weighted by Crippen LogP contribution is -2.20. The molecule has 2 aromatic carbocycles. The number of aryl methyl sites for hydroxylation is 1. The van der Waals surface area contributed by atoms with Crippen LogP contribution >= 0.6 is 11.8 Å². The maximum absolute atomic E-state index is 12.8. The Bertz CT molecular complexity index is 1180. The van der Waals surface area contributed by atoms with Crippen molar-refractivity contribution in [3.63, 3.8) is 0 Å². The first kappa shape index (κ1) is 16.7. The summed E-state index contributed by atoms with van der Waals surface area (Å²) in [4.78, 5) is 20.8. The normalized spacial score (nSPS) is 11.3. The van der Waals surface area contributed by atoms with E-state index in [0.717, 1.165) is 22.4 Å². The third kappa shape index (κ3) is 2.76. The highest BCUT2D eigenvalue weighted by atomic mass is 32.2. The number of thioether (sulfide) groups is 1. The zero-order valence-electron chi connectivity index (χ0n) is 14.9. The zero-order valence-corrected chi connectivity index (χ0v) is 15.7. The van der Waals surface area contributed by atoms with Crippen molar-refractivity contribution in [2.75, 3.05) is 7.11 Å². The van der Waals surface area contributed by atoms with Crippen molar-refractivity contribution in [3.8, 4) is 5.75 Å². The Kier molecular flexibility index (Phi) is 4.20. The van der Waals surface area contributed by atoms with Crippen LogP contribution in [0.1, 0.15) is 11.1 Å². The van der Waals surface area contributed by atoms with Crippen LogP contribution in [0.5, 0.6) is 5.75 Å². The molecule has 4 rings (SSSR count). The summed E-state index contributed by atoms with van der Waals surface area (Å²) >= 11 is 1.57. The number of aromatic amines is 1. The highest BCUT2D eigenvalue weighted by Gasteiger charge is 2.15. The first-order chi connectivity index (χ1) is 12.6. The van der Waals surface area contributed by atoms with E-state index >= 15 is 0 Å². The van der Waals surface area contributed by atoms with Gasteiger partial charge >= 0.3 is 0 Å². The Morgan fingerprint density at radius 1 is 1.23 bits per heavy atom. The third-order valence-electron chi connectivity index (χ3n) is 4.61. The number of ether oxygens (including phenoxy) is 1. The minimum atomic E-state index is -0.0718. The topological polar surface area (TPSA) is 59.9 Å². The van der Waals surface area contributed by atoms with E-state index in [1.807, 2.05) is 30.3 Å². The fourth-order valence-corrected chi connectivity index (χ4v) is 4.06. The predicted molar refractivity (Wildman–Crippen MR) is 106 cm³/mol. The predicted octanol–water partition coefficient (Wildman–Crippen LogP) is 4.02. The second-order valence-electron chi connectivity index (χ2n) is 6.23. The van der Waals surface area contributed by atoms with E-state index in [1.54, 1.807) is 30.5 Å². The maximum Gasteiger partial charge on any atom is 0.278 e. The molecule has 0 spiro atoms. The minimum absolute atomic E-state index is 0.0718. The van der Waals surface area contributed by atoms with Crippen LogP contribution < -0.4 is 10.3 Å². The Hall–Kier alpha value is -2.73. The first-order valence-corrected chi connectivity index (χ1v) is 9.31. The van der Waals surface area contributed by atoms with E-state index in [0.29, 0.717) is 16.2 Å². The van der Waals surface area contributed by atoms with Gasteiger partial charge < -0.3 is 9.72 Å². The molecule has 0 unspecified atom stereocenters. The molecule has 0 saturated carbocycles. The van der Waals surface area contributed by atoms with Crippen molar-refractivity contribution < 1.29 is 4.74 Å². The molecule has 5 nitrogen and oxygen atoms in total. The van der Waals surface area contributed by atoms with E-state index < -0.39 is 0 Å². The molecule has 0 atom stereocenters. The van der Waals surface area contributed by atoms with Crippen molar-refractivity contribution >= 4 is 33.7 Å². The smallest absolute Gasteiger partial charge is 0.278 e. The number of rotatable bonds is 4. The van der Waals surface area contributed by atoms with E-state index in [2.05, 4.69) is 24.0 Å². The number of methoxy groups -OCH3 is 1. The first-order valence-electron chi connectivity index (χ1n) is 8.32. The van der Waals surface area contributed by atoms with Gasteiger partial charge in [0, 0.05) is 23.7 Å². The van der Waals surface area contributed by atoms with Crippen molar-refractivity contribution in [2.24, 2.45) is 7.05 Å². The van der Waals surface area contributed by atoms with Crippen LogP contribution in [-0.2, 0) is 12.8 Å². The summed E-state index contributed by atoms with van der Waals surface area (Å²) in [5, 5.41) is 1.60. The summed E-state index contributed by atoms with van der Waals surface area (Å²) in [6, 6.07) is 14.0. The molecule has 0 fully saturated rings. The van der Waals surface area contributed by atoms with Gasteiger partial charge in [-0.1, -0.05) is 36.0 Å². The van der Waals surface area contributed by atoms with Crippen LogP contribution in [-0.4, -0.2) is 21.6 Å². The number of H-pyrrole nitrogens is 1. The van der Waals surface area contributed by atoms with E-state index in [-0.39, 0.29) is 5.56 Å². The molecular weight excluding hydrogens is 346 g/mol. The van der Waals surface area contributed by atoms with Crippen molar-refractivity contribution in [1.82, 2.24) is 14.5 Å². The lowest BCUT2D eigenvalue weighted by molar-refractivity contribution is 0.415. The average molecular weight is 365 g/mol. The van der Waals surface area contributed by atoms with Gasteiger partial charge in [-0.05, 0) is 36.2 Å². The number of nitrogens with zero attached hydrogens (tertiary/aromatic N) is 2. The van der Waals surface area contributed by atoms with Crippen molar-refractivity contribution in [1.29, 1.82) is 0 Å². The monoisotopic (exact) mass is 365 g/mol. The molecule has 1 N–H and O–H groups in total. The number of benzene rings is 2. The highest BCUT2D eigenvalue weighted by Crippen LogP contribution is 2.28. The summed E-state index contributed by atoms with van der Waals surface area (Å²) in [5.41, 5.74) is 4.50. The molecule has 0 amide bonds. The molecular formula is C20H19N3O2S. The Balaban J connectivity index is 1.82. The van der Waals surface area contributed by atoms with Crippen molar-refractivity contribution in [3.05, 3.63) is 63.9 Å². The van der Waals surface area contributed by atoms with Gasteiger partial charge in [-0.3, -0.25) is 9.36 Å². The van der Waals surface area contributed by atoms with Crippen LogP contribution in [0.25, 0.3) is 21.9 Å². The molecule has 132 valence electrons. The van der Waals surface area contributed by atoms with Gasteiger partial charge in [0.25, 0.3) is 5.56 Å². The molecule has 0 bridgehead atoms. The summed E-state index contributed by atoms with van der Waals surface area (Å²) < 4.78 is 6.92. The van der Waals surface area contributed by atoms with Gasteiger partial charge in [0.2, 0.25) is 0 Å². The molecule has 6 heteroatoms. The fourth-order valence-electron chi connectivity index (χ4n) is 3.02. The van der Waals surface area contributed by atoms with Gasteiger partial charge in [0.15, 0.2) is 5.16 Å². The molecule has 0 radical (unpaired) electrons. The van der Waals surface area contributed by atoms with Gasteiger partial charge in [0.05, 0.1) is 7.11 Å².